The maximum absolute atomic E-state index is 6.91. The third-order valence-electron chi connectivity index (χ3n) is 28.9. The van der Waals surface area contributed by atoms with Crippen LogP contribution in [0.1, 0.15) is 126 Å². The van der Waals surface area contributed by atoms with Crippen LogP contribution in [0.5, 0.6) is 0 Å². The Morgan fingerprint density at radius 1 is 0.184 bits per heavy atom. The lowest BCUT2D eigenvalue weighted by atomic mass is 9.79. The summed E-state index contributed by atoms with van der Waals surface area (Å²) in [5.41, 5.74) is 31.2. The minimum absolute atomic E-state index is 0.00730. The van der Waals surface area contributed by atoms with Gasteiger partial charge >= 0.3 is 0 Å². The number of hydrogen-bond acceptors (Lipinski definition) is 8. The molecule has 0 radical (unpaired) electrons. The van der Waals surface area contributed by atoms with E-state index in [4.69, 9.17) is 17.7 Å². The second-order valence-electron chi connectivity index (χ2n) is 41.8. The van der Waals surface area contributed by atoms with Crippen molar-refractivity contribution < 1.29 is 17.7 Å². The van der Waals surface area contributed by atoms with Gasteiger partial charge in [-0.15, -0.1) is 0 Å². The Labute approximate surface area is 792 Å². The summed E-state index contributed by atoms with van der Waals surface area (Å²) in [6, 6.07) is 133. The summed E-state index contributed by atoms with van der Waals surface area (Å²) < 4.78 is 27.4. The zero-order valence-corrected chi connectivity index (χ0v) is 79.7. The summed E-state index contributed by atoms with van der Waals surface area (Å²) in [6.07, 6.45) is 0.840. The summed E-state index contributed by atoms with van der Waals surface area (Å²) in [6.45, 7) is 34.0. The smallest absolute Gasteiger partial charge is 0.136 e. The fraction of sp³-hybridized carbons (Fsp3) is 0.156. The highest BCUT2D eigenvalue weighted by molar-refractivity contribution is 6.21. The lowest BCUT2D eigenvalue weighted by Gasteiger charge is -2.31. The van der Waals surface area contributed by atoms with Crippen molar-refractivity contribution in [3.8, 4) is 0 Å². The second kappa shape index (κ2) is 31.2. The number of rotatable bonds is 15. The van der Waals surface area contributed by atoms with Gasteiger partial charge in [0.1, 0.15) is 44.7 Å². The highest BCUT2D eigenvalue weighted by Gasteiger charge is 2.29. The van der Waals surface area contributed by atoms with E-state index in [1.807, 2.05) is 0 Å². The SMILES string of the molecule is Cc1ccccc1N(c1ccc2cc3c(cc2c1)oc1cc2cc4oc5cc6cc(N(c7ccccc7C)c7ccc(CC(C)(C)c8ccc(N(c9ccc(C(C)(C)C)cc9)c9ccc%10cc%11c(cc%10c9)oc9cc%10cc%12oc%13cc%14cc(N(c%15ccc(C(C)(C)C)cc%15)c%15ccc(C(C)(C)C)cc%15)ccc%14cc%13c%12cc%10cc9%11)cc8)cc7C)ccc6cc5c4cc2cc13)c1ccccc1C. The number of fused-ring (bicyclic) bond motifs is 18. The molecule has 0 unspecified atom stereocenters. The number of anilines is 12. The van der Waals surface area contributed by atoms with Crippen molar-refractivity contribution in [2.45, 2.75) is 132 Å². The predicted octanol–water partition coefficient (Wildman–Crippen LogP) is 37.7. The Morgan fingerprint density at radius 2 is 0.404 bits per heavy atom. The molecule has 8 heteroatoms. The maximum atomic E-state index is 6.91. The molecule has 662 valence electrons. The van der Waals surface area contributed by atoms with E-state index in [1.54, 1.807) is 0 Å². The normalized spacial score (nSPS) is 12.6. The zero-order chi connectivity index (χ0) is 92.9. The van der Waals surface area contributed by atoms with E-state index >= 15 is 0 Å². The van der Waals surface area contributed by atoms with Gasteiger partial charge in [-0.3, -0.25) is 0 Å². The molecule has 0 N–H and O–H groups in total. The van der Waals surface area contributed by atoms with Crippen molar-refractivity contribution in [1.82, 2.24) is 0 Å². The molecule has 0 atom stereocenters. The van der Waals surface area contributed by atoms with E-state index in [0.717, 1.165) is 227 Å². The molecule has 0 fully saturated rings. The van der Waals surface area contributed by atoms with Gasteiger partial charge in [0, 0.05) is 111 Å². The lowest BCUT2D eigenvalue weighted by molar-refractivity contribution is 0.522. The Bertz CT molecular complexity index is 8930. The van der Waals surface area contributed by atoms with Crippen LogP contribution in [-0.2, 0) is 28.1 Å². The van der Waals surface area contributed by atoms with Gasteiger partial charge in [-0.25, -0.2) is 0 Å². The molecule has 0 saturated carbocycles. The van der Waals surface area contributed by atoms with Crippen molar-refractivity contribution in [3.05, 3.63) is 408 Å². The van der Waals surface area contributed by atoms with Gasteiger partial charge in [0.25, 0.3) is 0 Å². The molecular weight excluding hydrogens is 1660 g/mol. The van der Waals surface area contributed by atoms with Crippen LogP contribution in [-0.4, -0.2) is 0 Å². The standard InChI is InChI=1S/C128H106N4O4/c1-76-22-16-19-25-113(76)131(114-26-20-17-23-77(114)2)103-43-31-83-61-107-111-65-90-66-112-108-62-84-32-44-104(58-88(84)70-120(108)136-124(112)74-92(90)73-123(111)135-119(107)69-87(83)57-103)132(115-27-21-18-24-78(115)3)116-53-28-80(54-79(116)4)75-128(14,15)96-39-51-100(52-40-96)130(99-49-37-95(38-50-99)127(11,12)13)102-42-30-82-60-106-110-64-89-63-109-105-59-81-29-41-101(55-85(81)67-117(105)133-121(109)71-91(89)72-122(110)134-118(106)68-86(82)56-102)129(97-45-33-93(34-46-97)125(5,6)7)98-47-35-94(36-48-98)126(8,9)10/h16-74H,75H2,1-15H3. The Balaban J connectivity index is 0.502. The lowest BCUT2D eigenvalue weighted by Crippen LogP contribution is -2.21. The third-order valence-corrected chi connectivity index (χ3v) is 28.9. The van der Waals surface area contributed by atoms with Crippen LogP contribution in [0.15, 0.2) is 376 Å². The predicted molar refractivity (Wildman–Crippen MR) is 578 cm³/mol. The first kappa shape index (κ1) is 83.4. The zero-order valence-electron chi connectivity index (χ0n) is 79.7. The largest absolute Gasteiger partial charge is 0.456 e. The molecule has 24 aromatic rings. The average Bonchev–Trinajstić information content (AvgIpc) is 1.58. The average molecular weight is 1760 g/mol. The number of benzene rings is 20. The van der Waals surface area contributed by atoms with E-state index in [1.165, 1.54) is 50.1 Å². The molecular formula is C128H106N4O4. The monoisotopic (exact) mass is 1760 g/mol. The molecule has 20 aromatic carbocycles. The van der Waals surface area contributed by atoms with Crippen LogP contribution < -0.4 is 19.6 Å². The maximum Gasteiger partial charge on any atom is 0.136 e. The molecule has 0 spiro atoms. The number of furan rings is 4. The number of hydrogen-bond donors (Lipinski definition) is 0. The minimum atomic E-state index is -0.217. The van der Waals surface area contributed by atoms with Crippen molar-refractivity contribution in [2.75, 3.05) is 19.6 Å². The summed E-state index contributed by atoms with van der Waals surface area (Å²) in [7, 11) is 0. The highest BCUT2D eigenvalue weighted by atomic mass is 16.3. The Morgan fingerprint density at radius 3 is 0.662 bits per heavy atom. The van der Waals surface area contributed by atoms with E-state index in [9.17, 15) is 0 Å². The molecule has 0 saturated heterocycles. The molecule has 0 aliphatic carbocycles. The molecule has 4 aromatic heterocycles. The summed E-state index contributed by atoms with van der Waals surface area (Å²) in [4.78, 5) is 9.57. The number of para-hydroxylation sites is 3. The summed E-state index contributed by atoms with van der Waals surface area (Å²) in [5, 5.41) is 22.2. The molecule has 136 heavy (non-hydrogen) atoms. The minimum Gasteiger partial charge on any atom is -0.456 e. The molecule has 0 aliphatic heterocycles. The van der Waals surface area contributed by atoms with Crippen LogP contribution in [0.4, 0.5) is 68.2 Å². The van der Waals surface area contributed by atoms with Crippen molar-refractivity contribution in [1.29, 1.82) is 0 Å². The van der Waals surface area contributed by atoms with Crippen LogP contribution in [0.2, 0.25) is 0 Å². The molecule has 8 nitrogen and oxygen atoms in total. The van der Waals surface area contributed by atoms with E-state index < -0.39 is 0 Å². The first-order valence-corrected chi connectivity index (χ1v) is 47.7. The number of aryl methyl sites for hydroxylation is 4. The van der Waals surface area contributed by atoms with Crippen LogP contribution in [0.3, 0.4) is 0 Å². The van der Waals surface area contributed by atoms with E-state index in [2.05, 4.69) is 481 Å². The Kier molecular flexibility index (Phi) is 19.2. The quantitative estimate of drug-likeness (QED) is 0.101. The van der Waals surface area contributed by atoms with Crippen molar-refractivity contribution >= 4 is 221 Å². The number of nitrogens with zero attached hydrogens (tertiary/aromatic N) is 4. The fourth-order valence-corrected chi connectivity index (χ4v) is 21.3. The van der Waals surface area contributed by atoms with Gasteiger partial charge in [-0.1, -0.05) is 216 Å². The van der Waals surface area contributed by atoms with Crippen molar-refractivity contribution in [3.63, 3.8) is 0 Å². The van der Waals surface area contributed by atoms with Crippen LogP contribution >= 0.6 is 0 Å². The van der Waals surface area contributed by atoms with Crippen LogP contribution in [0.25, 0.3) is 152 Å². The van der Waals surface area contributed by atoms with Gasteiger partial charge in [-0.05, 0) is 389 Å². The fourth-order valence-electron chi connectivity index (χ4n) is 21.3. The van der Waals surface area contributed by atoms with Gasteiger partial charge in [-0.2, -0.15) is 0 Å². The third kappa shape index (κ3) is 14.5. The topological polar surface area (TPSA) is 65.5 Å². The Hall–Kier alpha value is -15.6. The molecule has 4 heterocycles. The van der Waals surface area contributed by atoms with Gasteiger partial charge < -0.3 is 37.3 Å². The van der Waals surface area contributed by atoms with Gasteiger partial charge in [0.15, 0.2) is 0 Å². The first-order valence-electron chi connectivity index (χ1n) is 47.7. The summed E-state index contributed by atoms with van der Waals surface area (Å²) >= 11 is 0. The van der Waals surface area contributed by atoms with E-state index in [0.29, 0.717) is 0 Å². The first-order chi connectivity index (χ1) is 65.5. The molecule has 24 rings (SSSR count). The van der Waals surface area contributed by atoms with E-state index in [-0.39, 0.29) is 21.7 Å². The van der Waals surface area contributed by atoms with Crippen molar-refractivity contribution in [2.24, 2.45) is 0 Å². The summed E-state index contributed by atoms with van der Waals surface area (Å²) in [5.74, 6) is 0. The second-order valence-corrected chi connectivity index (χ2v) is 41.8. The highest BCUT2D eigenvalue weighted by Crippen LogP contribution is 2.50. The van der Waals surface area contributed by atoms with Gasteiger partial charge in [0.05, 0.1) is 0 Å². The molecule has 0 amide bonds. The molecule has 0 aliphatic rings. The van der Waals surface area contributed by atoms with Gasteiger partial charge in [0.2, 0.25) is 0 Å². The molecule has 0 bridgehead atoms. The van der Waals surface area contributed by atoms with Crippen LogP contribution in [0, 0.1) is 27.7 Å².